The van der Waals surface area contributed by atoms with Crippen LogP contribution in [-0.2, 0) is 0 Å². The highest BCUT2D eigenvalue weighted by molar-refractivity contribution is 9.10. The molecule has 1 atom stereocenters. The number of nitrogens with one attached hydrogen (secondary N) is 1. The van der Waals surface area contributed by atoms with E-state index < -0.39 is 0 Å². The van der Waals surface area contributed by atoms with Crippen LogP contribution in [0.15, 0.2) is 16.6 Å². The molecule has 90 valence electrons. The minimum atomic E-state index is -0.367. The molecule has 1 fully saturated rings. The van der Waals surface area contributed by atoms with Gasteiger partial charge < -0.3 is 9.84 Å². The van der Waals surface area contributed by atoms with Gasteiger partial charge in [0.1, 0.15) is 6.04 Å². The summed E-state index contributed by atoms with van der Waals surface area (Å²) >= 11 is 3.25. The minimum Gasteiger partial charge on any atom is -0.503 e. The van der Waals surface area contributed by atoms with Gasteiger partial charge in [-0.3, -0.25) is 5.32 Å². The molecule has 2 rings (SSSR count). The number of halogens is 1. The third-order valence-electron chi connectivity index (χ3n) is 2.71. The largest absolute Gasteiger partial charge is 0.503 e. The summed E-state index contributed by atoms with van der Waals surface area (Å²) in [5.74, 6) is 0.423. The molecule has 0 aliphatic heterocycles. The Labute approximate surface area is 108 Å². The summed E-state index contributed by atoms with van der Waals surface area (Å²) in [5.41, 5.74) is 0.793. The summed E-state index contributed by atoms with van der Waals surface area (Å²) in [7, 11) is 1.49. The number of phenolic OH excluding ortho intramolecular Hbond substituents is 1. The molecule has 1 aromatic carbocycles. The zero-order valence-electron chi connectivity index (χ0n) is 9.40. The molecular formula is C12H13BrN2O2. The fourth-order valence-corrected chi connectivity index (χ4v) is 2.07. The van der Waals surface area contributed by atoms with Crippen molar-refractivity contribution in [1.29, 1.82) is 5.26 Å². The van der Waals surface area contributed by atoms with Gasteiger partial charge in [0.05, 0.1) is 17.7 Å². The Morgan fingerprint density at radius 1 is 1.59 bits per heavy atom. The number of methoxy groups -OCH3 is 1. The molecule has 5 heteroatoms. The number of nitrogens with zero attached hydrogens (tertiary/aromatic N) is 1. The normalized spacial score (nSPS) is 16.3. The molecule has 1 aliphatic carbocycles. The molecule has 0 amide bonds. The van der Waals surface area contributed by atoms with Crippen LogP contribution in [0.1, 0.15) is 24.4 Å². The quantitative estimate of drug-likeness (QED) is 0.896. The third kappa shape index (κ3) is 2.71. The van der Waals surface area contributed by atoms with Crippen molar-refractivity contribution >= 4 is 15.9 Å². The number of hydrogen-bond acceptors (Lipinski definition) is 4. The van der Waals surface area contributed by atoms with Gasteiger partial charge in [0.15, 0.2) is 11.5 Å². The molecule has 0 spiro atoms. The predicted molar refractivity (Wildman–Crippen MR) is 66.9 cm³/mol. The molecule has 1 aliphatic rings. The van der Waals surface area contributed by atoms with Crippen molar-refractivity contribution in [2.45, 2.75) is 24.9 Å². The number of hydrogen-bond donors (Lipinski definition) is 2. The topological polar surface area (TPSA) is 65.3 Å². The van der Waals surface area contributed by atoms with Crippen LogP contribution >= 0.6 is 15.9 Å². The fourth-order valence-electron chi connectivity index (χ4n) is 1.61. The molecule has 0 saturated heterocycles. The maximum Gasteiger partial charge on any atom is 0.172 e. The first-order valence-corrected chi connectivity index (χ1v) is 6.17. The number of aromatic hydroxyl groups is 1. The van der Waals surface area contributed by atoms with Crippen LogP contribution in [0.4, 0.5) is 0 Å². The molecule has 0 aromatic heterocycles. The minimum absolute atomic E-state index is 0.0550. The highest BCUT2D eigenvalue weighted by Gasteiger charge is 2.26. The number of rotatable bonds is 4. The molecule has 1 saturated carbocycles. The van der Waals surface area contributed by atoms with Gasteiger partial charge in [-0.05, 0) is 46.5 Å². The Kier molecular flexibility index (Phi) is 3.55. The van der Waals surface area contributed by atoms with Crippen LogP contribution in [-0.4, -0.2) is 18.3 Å². The first kappa shape index (κ1) is 12.2. The first-order valence-electron chi connectivity index (χ1n) is 5.37. The highest BCUT2D eigenvalue weighted by Crippen LogP contribution is 2.37. The molecule has 1 aromatic rings. The molecule has 17 heavy (non-hydrogen) atoms. The Balaban J connectivity index is 2.29. The summed E-state index contributed by atoms with van der Waals surface area (Å²) in [6, 6.07) is 5.72. The Bertz CT molecular complexity index is 466. The predicted octanol–water partition coefficient (Wildman–Crippen LogP) is 2.48. The van der Waals surface area contributed by atoms with E-state index in [-0.39, 0.29) is 11.8 Å². The van der Waals surface area contributed by atoms with E-state index in [1.54, 1.807) is 12.1 Å². The summed E-state index contributed by atoms with van der Waals surface area (Å²) in [4.78, 5) is 0. The molecule has 2 N–H and O–H groups in total. The summed E-state index contributed by atoms with van der Waals surface area (Å²) in [5, 5.41) is 22.1. The molecule has 1 unspecified atom stereocenters. The van der Waals surface area contributed by atoms with E-state index >= 15 is 0 Å². The fraction of sp³-hybridized carbons (Fsp3) is 0.417. The molecule has 4 nitrogen and oxygen atoms in total. The van der Waals surface area contributed by atoms with Gasteiger partial charge in [0, 0.05) is 6.04 Å². The van der Waals surface area contributed by atoms with Gasteiger partial charge in [0.2, 0.25) is 0 Å². The second-order valence-corrected chi connectivity index (χ2v) is 4.91. The van der Waals surface area contributed by atoms with E-state index in [4.69, 9.17) is 10.00 Å². The van der Waals surface area contributed by atoms with Crippen molar-refractivity contribution < 1.29 is 9.84 Å². The van der Waals surface area contributed by atoms with Crippen LogP contribution < -0.4 is 10.1 Å². The average molecular weight is 297 g/mol. The maximum atomic E-state index is 9.70. The molecular weight excluding hydrogens is 284 g/mol. The lowest BCUT2D eigenvalue weighted by molar-refractivity contribution is 0.371. The van der Waals surface area contributed by atoms with Crippen molar-refractivity contribution in [2.75, 3.05) is 7.11 Å². The Hall–Kier alpha value is -1.25. The number of ether oxygens (including phenoxy) is 1. The van der Waals surface area contributed by atoms with Crippen LogP contribution in [0, 0.1) is 11.3 Å². The van der Waals surface area contributed by atoms with Gasteiger partial charge in [0.25, 0.3) is 0 Å². The molecule has 0 radical (unpaired) electrons. The average Bonchev–Trinajstić information content (AvgIpc) is 3.13. The van der Waals surface area contributed by atoms with Gasteiger partial charge >= 0.3 is 0 Å². The van der Waals surface area contributed by atoms with Crippen molar-refractivity contribution in [1.82, 2.24) is 5.32 Å². The van der Waals surface area contributed by atoms with Gasteiger partial charge in [-0.2, -0.15) is 5.26 Å². The van der Waals surface area contributed by atoms with Crippen molar-refractivity contribution in [3.8, 4) is 17.6 Å². The van der Waals surface area contributed by atoms with E-state index in [0.29, 0.717) is 16.3 Å². The lowest BCUT2D eigenvalue weighted by atomic mass is 10.1. The zero-order chi connectivity index (χ0) is 12.4. The number of benzene rings is 1. The van der Waals surface area contributed by atoms with Gasteiger partial charge in [-0.15, -0.1) is 0 Å². The van der Waals surface area contributed by atoms with Crippen LogP contribution in [0.3, 0.4) is 0 Å². The van der Waals surface area contributed by atoms with Gasteiger partial charge in [-0.1, -0.05) is 0 Å². The smallest absolute Gasteiger partial charge is 0.172 e. The molecule has 0 heterocycles. The summed E-state index contributed by atoms with van der Waals surface area (Å²) in [6.07, 6.45) is 2.24. The number of phenols is 1. The monoisotopic (exact) mass is 296 g/mol. The Morgan fingerprint density at radius 3 is 2.82 bits per heavy atom. The van der Waals surface area contributed by atoms with Crippen LogP contribution in [0.5, 0.6) is 11.5 Å². The van der Waals surface area contributed by atoms with E-state index in [2.05, 4.69) is 27.3 Å². The maximum absolute atomic E-state index is 9.70. The van der Waals surface area contributed by atoms with Crippen molar-refractivity contribution in [2.24, 2.45) is 0 Å². The van der Waals surface area contributed by atoms with E-state index in [9.17, 15) is 5.11 Å². The summed E-state index contributed by atoms with van der Waals surface area (Å²) < 4.78 is 5.60. The Morgan fingerprint density at radius 2 is 2.29 bits per heavy atom. The van der Waals surface area contributed by atoms with E-state index in [1.165, 1.54) is 7.11 Å². The van der Waals surface area contributed by atoms with E-state index in [0.717, 1.165) is 18.4 Å². The highest BCUT2D eigenvalue weighted by atomic mass is 79.9. The third-order valence-corrected chi connectivity index (χ3v) is 3.32. The lowest BCUT2D eigenvalue weighted by Gasteiger charge is -2.14. The number of nitriles is 1. The van der Waals surface area contributed by atoms with Crippen molar-refractivity contribution in [3.05, 3.63) is 22.2 Å². The van der Waals surface area contributed by atoms with Crippen LogP contribution in [0.25, 0.3) is 0 Å². The standard InChI is InChI=1S/C12H13BrN2O2/c1-17-11-5-7(4-9(13)12(11)16)10(6-14)15-8-2-3-8/h4-5,8,10,15-16H,2-3H2,1H3. The van der Waals surface area contributed by atoms with E-state index in [1.807, 2.05) is 0 Å². The zero-order valence-corrected chi connectivity index (χ0v) is 11.0. The first-order chi connectivity index (χ1) is 8.15. The van der Waals surface area contributed by atoms with Gasteiger partial charge in [-0.25, -0.2) is 0 Å². The second-order valence-electron chi connectivity index (χ2n) is 4.06. The van der Waals surface area contributed by atoms with Crippen molar-refractivity contribution in [3.63, 3.8) is 0 Å². The van der Waals surface area contributed by atoms with Crippen LogP contribution in [0.2, 0.25) is 0 Å². The lowest BCUT2D eigenvalue weighted by Crippen LogP contribution is -2.22. The second kappa shape index (κ2) is 4.94. The SMILES string of the molecule is COc1cc(C(C#N)NC2CC2)cc(Br)c1O. The summed E-state index contributed by atoms with van der Waals surface area (Å²) in [6.45, 7) is 0. The molecule has 0 bridgehead atoms.